The molecule has 158 valence electrons. The molecule has 1 aromatic carbocycles. The molecular formula is C21H27Cl2N3O3. The normalized spacial score (nSPS) is 19.2. The largest absolute Gasteiger partial charge is 0.378 e. The molecule has 0 bridgehead atoms. The predicted molar refractivity (Wildman–Crippen MR) is 114 cm³/mol. The standard InChI is InChI=1S/C21H27Cl2N3O3/c1-2-26-13-16(19(21(26)28)25-12-15-6-4-10-29-15)20(27)24-9-3-5-14-7-8-17(22)18(23)11-14/h7-8,11,15,25H,2-6,9-10,12-13H2,1H3,(H,24,27). The van der Waals surface area contributed by atoms with E-state index < -0.39 is 0 Å². The minimum absolute atomic E-state index is 0.0986. The van der Waals surface area contributed by atoms with Crippen molar-refractivity contribution in [2.45, 2.75) is 38.7 Å². The lowest BCUT2D eigenvalue weighted by atomic mass is 10.1. The van der Waals surface area contributed by atoms with Gasteiger partial charge in [-0.1, -0.05) is 29.3 Å². The zero-order valence-corrected chi connectivity index (χ0v) is 18.1. The summed E-state index contributed by atoms with van der Waals surface area (Å²) in [4.78, 5) is 27.0. The number of likely N-dealkylation sites (N-methyl/N-ethyl adjacent to an activating group) is 1. The highest BCUT2D eigenvalue weighted by atomic mass is 35.5. The third kappa shape index (κ3) is 5.65. The van der Waals surface area contributed by atoms with Crippen molar-refractivity contribution in [3.05, 3.63) is 45.1 Å². The van der Waals surface area contributed by atoms with E-state index in [1.165, 1.54) is 0 Å². The number of ether oxygens (including phenoxy) is 1. The summed E-state index contributed by atoms with van der Waals surface area (Å²) in [7, 11) is 0. The van der Waals surface area contributed by atoms with Gasteiger partial charge >= 0.3 is 0 Å². The first-order chi connectivity index (χ1) is 14.0. The smallest absolute Gasteiger partial charge is 0.270 e. The summed E-state index contributed by atoms with van der Waals surface area (Å²) in [5, 5.41) is 7.17. The molecule has 1 atom stereocenters. The van der Waals surface area contributed by atoms with Crippen molar-refractivity contribution in [3.63, 3.8) is 0 Å². The highest BCUT2D eigenvalue weighted by Crippen LogP contribution is 2.23. The van der Waals surface area contributed by atoms with Gasteiger partial charge < -0.3 is 20.3 Å². The van der Waals surface area contributed by atoms with Crippen LogP contribution in [0.2, 0.25) is 10.0 Å². The molecule has 1 unspecified atom stereocenters. The van der Waals surface area contributed by atoms with Gasteiger partial charge in [-0.15, -0.1) is 0 Å². The first-order valence-electron chi connectivity index (χ1n) is 10.1. The van der Waals surface area contributed by atoms with Crippen LogP contribution in [0.1, 0.15) is 31.7 Å². The summed E-state index contributed by atoms with van der Waals surface area (Å²) >= 11 is 12.0. The summed E-state index contributed by atoms with van der Waals surface area (Å²) in [6.45, 7) is 4.63. The molecule has 3 rings (SSSR count). The predicted octanol–water partition coefficient (Wildman–Crippen LogP) is 2.93. The average Bonchev–Trinajstić information content (AvgIpc) is 3.34. The van der Waals surface area contributed by atoms with Crippen molar-refractivity contribution in [1.82, 2.24) is 15.5 Å². The Balaban J connectivity index is 1.53. The van der Waals surface area contributed by atoms with E-state index in [1.807, 2.05) is 19.1 Å². The van der Waals surface area contributed by atoms with Gasteiger partial charge in [0.15, 0.2) is 0 Å². The summed E-state index contributed by atoms with van der Waals surface area (Å²) < 4.78 is 5.61. The Morgan fingerprint density at radius 3 is 2.83 bits per heavy atom. The molecule has 2 amide bonds. The quantitative estimate of drug-likeness (QED) is 0.580. The van der Waals surface area contributed by atoms with Gasteiger partial charge in [0.2, 0.25) is 0 Å². The lowest BCUT2D eigenvalue weighted by Crippen LogP contribution is -2.33. The van der Waals surface area contributed by atoms with E-state index in [4.69, 9.17) is 27.9 Å². The lowest BCUT2D eigenvalue weighted by Gasteiger charge is -2.15. The van der Waals surface area contributed by atoms with E-state index in [1.54, 1.807) is 11.0 Å². The number of nitrogens with one attached hydrogen (secondary N) is 2. The third-order valence-corrected chi connectivity index (χ3v) is 5.99. The van der Waals surface area contributed by atoms with Crippen molar-refractivity contribution in [1.29, 1.82) is 0 Å². The Hall–Kier alpha value is -1.76. The van der Waals surface area contributed by atoms with Gasteiger partial charge in [-0.05, 0) is 50.3 Å². The van der Waals surface area contributed by atoms with Gasteiger partial charge in [-0.25, -0.2) is 0 Å². The average molecular weight is 440 g/mol. The number of halogens is 2. The van der Waals surface area contributed by atoms with E-state index >= 15 is 0 Å². The maximum absolute atomic E-state index is 12.7. The maximum atomic E-state index is 12.7. The third-order valence-electron chi connectivity index (χ3n) is 5.25. The molecular weight excluding hydrogens is 413 g/mol. The second-order valence-corrected chi connectivity index (χ2v) is 8.11. The van der Waals surface area contributed by atoms with E-state index in [2.05, 4.69) is 10.6 Å². The SMILES string of the molecule is CCN1CC(C(=O)NCCCc2ccc(Cl)c(Cl)c2)=C(NCC2CCCO2)C1=O. The summed E-state index contributed by atoms with van der Waals surface area (Å²) in [6, 6.07) is 5.55. The van der Waals surface area contributed by atoms with E-state index in [-0.39, 0.29) is 17.9 Å². The molecule has 0 aromatic heterocycles. The van der Waals surface area contributed by atoms with Crippen LogP contribution in [0.3, 0.4) is 0 Å². The Bertz CT molecular complexity index is 791. The van der Waals surface area contributed by atoms with Gasteiger partial charge in [-0.3, -0.25) is 9.59 Å². The van der Waals surface area contributed by atoms with Crippen molar-refractivity contribution in [2.24, 2.45) is 0 Å². The molecule has 0 saturated carbocycles. The van der Waals surface area contributed by atoms with Crippen LogP contribution >= 0.6 is 23.2 Å². The fourth-order valence-electron chi connectivity index (χ4n) is 3.57. The van der Waals surface area contributed by atoms with Crippen LogP contribution in [0, 0.1) is 0 Å². The van der Waals surface area contributed by atoms with Crippen molar-refractivity contribution in [3.8, 4) is 0 Å². The van der Waals surface area contributed by atoms with E-state index in [0.29, 0.717) is 47.5 Å². The monoisotopic (exact) mass is 439 g/mol. The number of carbonyl (C=O) groups excluding carboxylic acids is 2. The molecule has 2 aliphatic rings. The number of hydrogen-bond acceptors (Lipinski definition) is 4. The Morgan fingerprint density at radius 2 is 2.14 bits per heavy atom. The topological polar surface area (TPSA) is 70.7 Å². The first kappa shape index (κ1) is 21.9. The van der Waals surface area contributed by atoms with Crippen LogP contribution in [-0.4, -0.2) is 55.6 Å². The zero-order valence-electron chi connectivity index (χ0n) is 16.6. The van der Waals surface area contributed by atoms with Crippen LogP contribution in [0.5, 0.6) is 0 Å². The molecule has 2 N–H and O–H groups in total. The second kappa shape index (κ2) is 10.3. The Labute approximate surface area is 181 Å². The summed E-state index contributed by atoms with van der Waals surface area (Å²) in [5.41, 5.74) is 1.98. The van der Waals surface area contributed by atoms with Gasteiger partial charge in [0.05, 0.1) is 28.3 Å². The number of amides is 2. The minimum Gasteiger partial charge on any atom is -0.378 e. The number of carbonyl (C=O) groups is 2. The van der Waals surface area contributed by atoms with Crippen LogP contribution in [0.4, 0.5) is 0 Å². The first-order valence-corrected chi connectivity index (χ1v) is 10.8. The molecule has 8 heteroatoms. The molecule has 1 saturated heterocycles. The van der Waals surface area contributed by atoms with Crippen LogP contribution < -0.4 is 10.6 Å². The van der Waals surface area contributed by atoms with Crippen LogP contribution in [0.25, 0.3) is 0 Å². The van der Waals surface area contributed by atoms with Gasteiger partial charge in [0, 0.05) is 26.2 Å². The van der Waals surface area contributed by atoms with Crippen molar-refractivity contribution >= 4 is 35.0 Å². The minimum atomic E-state index is -0.196. The molecule has 1 fully saturated rings. The highest BCUT2D eigenvalue weighted by Gasteiger charge is 2.33. The van der Waals surface area contributed by atoms with Crippen molar-refractivity contribution in [2.75, 3.05) is 32.8 Å². The fraction of sp³-hybridized carbons (Fsp3) is 0.524. The number of rotatable bonds is 9. The Morgan fingerprint density at radius 1 is 1.31 bits per heavy atom. The molecule has 0 spiro atoms. The van der Waals surface area contributed by atoms with Gasteiger partial charge in [0.1, 0.15) is 5.70 Å². The molecule has 6 nitrogen and oxygen atoms in total. The molecule has 0 aliphatic carbocycles. The molecule has 2 aliphatic heterocycles. The summed E-state index contributed by atoms with van der Waals surface area (Å²) in [5.74, 6) is -0.315. The zero-order chi connectivity index (χ0) is 20.8. The molecule has 1 aromatic rings. The summed E-state index contributed by atoms with van der Waals surface area (Å²) in [6.07, 6.45) is 3.65. The number of aryl methyl sites for hydroxylation is 1. The second-order valence-electron chi connectivity index (χ2n) is 7.30. The number of nitrogens with zero attached hydrogens (tertiary/aromatic N) is 1. The van der Waals surface area contributed by atoms with E-state index in [9.17, 15) is 9.59 Å². The van der Waals surface area contributed by atoms with E-state index in [0.717, 1.165) is 37.9 Å². The fourth-order valence-corrected chi connectivity index (χ4v) is 3.89. The molecule has 29 heavy (non-hydrogen) atoms. The van der Waals surface area contributed by atoms with Gasteiger partial charge in [0.25, 0.3) is 11.8 Å². The highest BCUT2D eigenvalue weighted by molar-refractivity contribution is 6.42. The lowest BCUT2D eigenvalue weighted by molar-refractivity contribution is -0.125. The van der Waals surface area contributed by atoms with Crippen LogP contribution in [-0.2, 0) is 20.7 Å². The van der Waals surface area contributed by atoms with Crippen molar-refractivity contribution < 1.29 is 14.3 Å². The van der Waals surface area contributed by atoms with Gasteiger partial charge in [-0.2, -0.15) is 0 Å². The maximum Gasteiger partial charge on any atom is 0.270 e. The molecule has 0 radical (unpaired) electrons. The Kier molecular flexibility index (Phi) is 7.81. The number of hydrogen-bond donors (Lipinski definition) is 2. The number of benzene rings is 1. The molecule has 2 heterocycles. The van der Waals surface area contributed by atoms with Crippen LogP contribution in [0.15, 0.2) is 29.5 Å².